The van der Waals surface area contributed by atoms with Gasteiger partial charge in [0, 0.05) is 26.0 Å². The minimum absolute atomic E-state index is 0.146. The van der Waals surface area contributed by atoms with Gasteiger partial charge in [-0.3, -0.25) is 4.79 Å². The maximum Gasteiger partial charge on any atom is 0.259 e. The summed E-state index contributed by atoms with van der Waals surface area (Å²) >= 11 is 6.05. The molecule has 104 valence electrons. The summed E-state index contributed by atoms with van der Waals surface area (Å²) < 4.78 is 0. The number of hydrogen-bond acceptors (Lipinski definition) is 3. The molecule has 20 heavy (non-hydrogen) atoms. The van der Waals surface area contributed by atoms with E-state index in [-0.39, 0.29) is 5.91 Å². The summed E-state index contributed by atoms with van der Waals surface area (Å²) in [4.78, 5) is 18.1. The van der Waals surface area contributed by atoms with Crippen molar-refractivity contribution in [2.45, 2.75) is 6.92 Å². The number of carbonyl (C=O) groups excluding carboxylic acids is 1. The number of halogens is 1. The minimum atomic E-state index is -0.146. The predicted octanol–water partition coefficient (Wildman–Crippen LogP) is 3.36. The molecule has 0 spiro atoms. The Labute approximate surface area is 123 Å². The minimum Gasteiger partial charge on any atom is -0.372 e. The van der Waals surface area contributed by atoms with Gasteiger partial charge in [0.05, 0.1) is 10.6 Å². The number of hydrogen-bond donors (Lipinski definition) is 1. The molecule has 0 radical (unpaired) electrons. The number of aryl methyl sites for hydroxylation is 1. The Kier molecular flexibility index (Phi) is 4.25. The van der Waals surface area contributed by atoms with Gasteiger partial charge in [-0.25, -0.2) is 4.98 Å². The van der Waals surface area contributed by atoms with Gasteiger partial charge in [0.25, 0.3) is 5.91 Å². The Morgan fingerprint density at radius 1 is 1.35 bits per heavy atom. The fourth-order valence-corrected chi connectivity index (χ4v) is 2.15. The number of aromatic nitrogens is 1. The molecule has 1 N–H and O–H groups in total. The average Bonchev–Trinajstić information content (AvgIpc) is 2.45. The lowest BCUT2D eigenvalue weighted by Gasteiger charge is -2.18. The normalized spacial score (nSPS) is 10.2. The molecule has 1 amide bonds. The van der Waals surface area contributed by atoms with Crippen molar-refractivity contribution in [2.24, 2.45) is 0 Å². The second-order valence-corrected chi connectivity index (χ2v) is 4.91. The van der Waals surface area contributed by atoms with Crippen LogP contribution in [0.25, 0.3) is 0 Å². The lowest BCUT2D eigenvalue weighted by molar-refractivity contribution is 0.0992. The fraction of sp³-hybridized carbons (Fsp3) is 0.200. The van der Waals surface area contributed by atoms with Crippen molar-refractivity contribution in [3.05, 3.63) is 52.7 Å². The maximum atomic E-state index is 12.4. The summed E-state index contributed by atoms with van der Waals surface area (Å²) in [7, 11) is 3.46. The van der Waals surface area contributed by atoms with Crippen LogP contribution in [0.1, 0.15) is 15.9 Å². The van der Waals surface area contributed by atoms with Crippen LogP contribution in [0, 0.1) is 6.92 Å². The summed E-state index contributed by atoms with van der Waals surface area (Å²) in [5.74, 6) is 0.411. The van der Waals surface area contributed by atoms with Gasteiger partial charge >= 0.3 is 0 Å². The highest BCUT2D eigenvalue weighted by Gasteiger charge is 2.15. The molecule has 0 bridgehead atoms. The first-order valence-electron chi connectivity index (χ1n) is 6.21. The highest BCUT2D eigenvalue weighted by molar-refractivity contribution is 6.33. The fourth-order valence-electron chi connectivity index (χ4n) is 1.89. The first-order valence-corrected chi connectivity index (χ1v) is 6.58. The van der Waals surface area contributed by atoms with Gasteiger partial charge in [-0.05, 0) is 30.7 Å². The molecular weight excluding hydrogens is 274 g/mol. The number of amides is 1. The van der Waals surface area contributed by atoms with Gasteiger partial charge in [-0.1, -0.05) is 23.7 Å². The van der Waals surface area contributed by atoms with E-state index in [0.29, 0.717) is 16.4 Å². The van der Waals surface area contributed by atoms with Crippen LogP contribution in [0.3, 0.4) is 0 Å². The molecule has 1 aromatic heterocycles. The molecule has 0 saturated carbocycles. The third-order valence-corrected chi connectivity index (χ3v) is 3.31. The van der Waals surface area contributed by atoms with E-state index < -0.39 is 0 Å². The van der Waals surface area contributed by atoms with Crippen LogP contribution in [0.2, 0.25) is 5.02 Å². The van der Waals surface area contributed by atoms with Crippen LogP contribution in [0.15, 0.2) is 36.5 Å². The zero-order valence-electron chi connectivity index (χ0n) is 11.6. The first kappa shape index (κ1) is 14.3. The molecular formula is C15H16ClN3O. The second kappa shape index (κ2) is 5.92. The summed E-state index contributed by atoms with van der Waals surface area (Å²) in [6, 6.07) is 9.37. The third-order valence-electron chi connectivity index (χ3n) is 3.02. The van der Waals surface area contributed by atoms with Gasteiger partial charge < -0.3 is 10.2 Å². The van der Waals surface area contributed by atoms with Gasteiger partial charge in [0.1, 0.15) is 5.82 Å². The molecule has 1 aromatic carbocycles. The molecule has 0 unspecified atom stereocenters. The number of pyridine rings is 1. The van der Waals surface area contributed by atoms with E-state index in [1.807, 2.05) is 31.2 Å². The van der Waals surface area contributed by atoms with Crippen molar-refractivity contribution in [3.8, 4) is 0 Å². The maximum absolute atomic E-state index is 12.4. The monoisotopic (exact) mass is 289 g/mol. The van der Waals surface area contributed by atoms with Crippen LogP contribution in [-0.2, 0) is 0 Å². The third kappa shape index (κ3) is 2.91. The lowest BCUT2D eigenvalue weighted by atomic mass is 10.2. The molecule has 1 heterocycles. The smallest absolute Gasteiger partial charge is 0.259 e. The number of benzene rings is 1. The van der Waals surface area contributed by atoms with Crippen molar-refractivity contribution in [2.75, 3.05) is 24.3 Å². The van der Waals surface area contributed by atoms with Crippen LogP contribution >= 0.6 is 11.6 Å². The second-order valence-electron chi connectivity index (χ2n) is 4.51. The largest absolute Gasteiger partial charge is 0.372 e. The van der Waals surface area contributed by atoms with Crippen LogP contribution < -0.4 is 10.2 Å². The van der Waals surface area contributed by atoms with E-state index >= 15 is 0 Å². The van der Waals surface area contributed by atoms with E-state index in [2.05, 4.69) is 10.3 Å². The van der Waals surface area contributed by atoms with Crippen molar-refractivity contribution in [3.63, 3.8) is 0 Å². The summed E-state index contributed by atoms with van der Waals surface area (Å²) in [6.45, 7) is 1.99. The van der Waals surface area contributed by atoms with E-state index in [0.717, 1.165) is 11.3 Å². The highest BCUT2D eigenvalue weighted by atomic mass is 35.5. The molecule has 0 fully saturated rings. The lowest BCUT2D eigenvalue weighted by Crippen LogP contribution is -2.26. The van der Waals surface area contributed by atoms with Gasteiger partial charge in [0.2, 0.25) is 0 Å². The molecule has 5 heteroatoms. The van der Waals surface area contributed by atoms with Crippen LogP contribution in [0.4, 0.5) is 11.5 Å². The summed E-state index contributed by atoms with van der Waals surface area (Å²) in [5, 5.41) is 3.29. The number of carbonyl (C=O) groups is 1. The molecule has 0 aliphatic heterocycles. The summed E-state index contributed by atoms with van der Waals surface area (Å²) in [5.41, 5.74) is 2.39. The molecule has 0 saturated heterocycles. The van der Waals surface area contributed by atoms with Crippen molar-refractivity contribution in [1.29, 1.82) is 0 Å². The zero-order valence-corrected chi connectivity index (χ0v) is 12.4. The Morgan fingerprint density at radius 2 is 2.10 bits per heavy atom. The van der Waals surface area contributed by atoms with Gasteiger partial charge in [-0.2, -0.15) is 0 Å². The number of rotatable bonds is 3. The number of anilines is 2. The number of nitrogens with one attached hydrogen (secondary N) is 1. The SMILES string of the molecule is CNc1ncc(C(=O)N(C)c2cccc(C)c2)cc1Cl. The number of nitrogens with zero attached hydrogens (tertiary/aromatic N) is 2. The quantitative estimate of drug-likeness (QED) is 0.942. The topological polar surface area (TPSA) is 45.2 Å². The van der Waals surface area contributed by atoms with Crippen molar-refractivity contribution in [1.82, 2.24) is 4.98 Å². The van der Waals surface area contributed by atoms with E-state index in [9.17, 15) is 4.79 Å². The molecule has 0 aliphatic rings. The molecule has 2 aromatic rings. The molecule has 2 rings (SSSR count). The Hall–Kier alpha value is -2.07. The standard InChI is InChI=1S/C15H16ClN3O/c1-10-5-4-6-12(7-10)19(3)15(20)11-8-13(16)14(17-2)18-9-11/h4-9H,1-3H3,(H,17,18). The summed E-state index contributed by atoms with van der Waals surface area (Å²) in [6.07, 6.45) is 1.52. The van der Waals surface area contributed by atoms with Crippen LogP contribution in [0.5, 0.6) is 0 Å². The first-order chi connectivity index (χ1) is 9.52. The Balaban J connectivity index is 2.29. The van der Waals surface area contributed by atoms with Crippen LogP contribution in [-0.4, -0.2) is 25.0 Å². The van der Waals surface area contributed by atoms with Gasteiger partial charge in [0.15, 0.2) is 0 Å². The van der Waals surface area contributed by atoms with E-state index in [1.54, 1.807) is 25.1 Å². The molecule has 4 nitrogen and oxygen atoms in total. The average molecular weight is 290 g/mol. The van der Waals surface area contributed by atoms with Crippen molar-refractivity contribution >= 4 is 29.0 Å². The van der Waals surface area contributed by atoms with E-state index in [4.69, 9.17) is 11.6 Å². The van der Waals surface area contributed by atoms with E-state index in [1.165, 1.54) is 6.20 Å². The highest BCUT2D eigenvalue weighted by Crippen LogP contribution is 2.22. The zero-order chi connectivity index (χ0) is 14.7. The Bertz CT molecular complexity index is 643. The Morgan fingerprint density at radius 3 is 2.70 bits per heavy atom. The molecule has 0 aliphatic carbocycles. The van der Waals surface area contributed by atoms with Gasteiger partial charge in [-0.15, -0.1) is 0 Å². The predicted molar refractivity (Wildman–Crippen MR) is 82.7 cm³/mol. The van der Waals surface area contributed by atoms with Crippen molar-refractivity contribution < 1.29 is 4.79 Å². The molecule has 0 atom stereocenters.